The number of carbonyl (C=O) groups is 1. The standard InChI is InChI=1S/C14H29N3O/c1-5-12-6-8-17(9-7-12)10-14(4,13(15)18)16-11(2)3/h11-12,16H,5-10H2,1-4H3,(H2,15,18). The molecular weight excluding hydrogens is 226 g/mol. The van der Waals surface area contributed by atoms with Crippen molar-refractivity contribution in [2.75, 3.05) is 19.6 Å². The molecular formula is C14H29N3O. The minimum atomic E-state index is -0.618. The molecule has 0 saturated carbocycles. The van der Waals surface area contributed by atoms with Crippen LogP contribution >= 0.6 is 0 Å². The maximum Gasteiger partial charge on any atom is 0.238 e. The van der Waals surface area contributed by atoms with Crippen LogP contribution in [-0.4, -0.2) is 42.0 Å². The summed E-state index contributed by atoms with van der Waals surface area (Å²) in [6, 6.07) is 0.260. The number of nitrogens with one attached hydrogen (secondary N) is 1. The average molecular weight is 255 g/mol. The molecule has 4 heteroatoms. The Bertz CT molecular complexity index is 272. The Morgan fingerprint density at radius 3 is 2.39 bits per heavy atom. The molecule has 1 unspecified atom stereocenters. The van der Waals surface area contributed by atoms with E-state index in [0.717, 1.165) is 25.6 Å². The van der Waals surface area contributed by atoms with Gasteiger partial charge in [-0.2, -0.15) is 0 Å². The van der Waals surface area contributed by atoms with Gasteiger partial charge in [-0.3, -0.25) is 4.79 Å². The van der Waals surface area contributed by atoms with E-state index in [1.165, 1.54) is 19.3 Å². The van der Waals surface area contributed by atoms with Gasteiger partial charge in [0.25, 0.3) is 0 Å². The fraction of sp³-hybridized carbons (Fsp3) is 0.929. The second kappa shape index (κ2) is 6.53. The van der Waals surface area contributed by atoms with Gasteiger partial charge >= 0.3 is 0 Å². The van der Waals surface area contributed by atoms with Crippen LogP contribution in [-0.2, 0) is 4.79 Å². The Hall–Kier alpha value is -0.610. The molecule has 0 spiro atoms. The normalized spacial score (nSPS) is 22.1. The number of rotatable bonds is 6. The molecule has 1 aliphatic heterocycles. The zero-order valence-corrected chi connectivity index (χ0v) is 12.3. The van der Waals surface area contributed by atoms with Gasteiger partial charge in [0.05, 0.1) is 0 Å². The first-order valence-electron chi connectivity index (χ1n) is 7.17. The number of nitrogens with two attached hydrogens (primary N) is 1. The van der Waals surface area contributed by atoms with Crippen LogP contribution < -0.4 is 11.1 Å². The summed E-state index contributed by atoms with van der Waals surface area (Å²) in [7, 11) is 0. The van der Waals surface area contributed by atoms with E-state index >= 15 is 0 Å². The molecule has 4 nitrogen and oxygen atoms in total. The molecule has 0 aliphatic carbocycles. The number of hydrogen-bond donors (Lipinski definition) is 2. The van der Waals surface area contributed by atoms with Gasteiger partial charge in [-0.1, -0.05) is 13.3 Å². The van der Waals surface area contributed by atoms with Gasteiger partial charge in [0.15, 0.2) is 0 Å². The first-order valence-corrected chi connectivity index (χ1v) is 7.17. The molecule has 0 bridgehead atoms. The van der Waals surface area contributed by atoms with Gasteiger partial charge in [0, 0.05) is 12.6 Å². The third-order valence-corrected chi connectivity index (χ3v) is 3.98. The van der Waals surface area contributed by atoms with Gasteiger partial charge in [0.2, 0.25) is 5.91 Å². The number of piperidine rings is 1. The Balaban J connectivity index is 2.54. The SMILES string of the molecule is CCC1CCN(CC(C)(NC(C)C)C(N)=O)CC1. The minimum absolute atomic E-state index is 0.256. The van der Waals surface area contributed by atoms with Crippen LogP contribution in [0, 0.1) is 5.92 Å². The first kappa shape index (κ1) is 15.4. The lowest BCUT2D eigenvalue weighted by Crippen LogP contribution is -2.61. The van der Waals surface area contributed by atoms with Gasteiger partial charge < -0.3 is 16.0 Å². The maximum absolute atomic E-state index is 11.7. The lowest BCUT2D eigenvalue weighted by molar-refractivity contribution is -0.125. The van der Waals surface area contributed by atoms with Crippen LogP contribution in [0.4, 0.5) is 0 Å². The fourth-order valence-corrected chi connectivity index (χ4v) is 2.83. The fourth-order valence-electron chi connectivity index (χ4n) is 2.83. The largest absolute Gasteiger partial charge is 0.368 e. The molecule has 106 valence electrons. The van der Waals surface area contributed by atoms with Crippen molar-refractivity contribution in [1.82, 2.24) is 10.2 Å². The molecule has 3 N–H and O–H groups in total. The third kappa shape index (κ3) is 4.25. The van der Waals surface area contributed by atoms with E-state index in [-0.39, 0.29) is 11.9 Å². The highest BCUT2D eigenvalue weighted by atomic mass is 16.1. The molecule has 1 fully saturated rings. The number of nitrogens with zero attached hydrogens (tertiary/aromatic N) is 1. The van der Waals surface area contributed by atoms with Crippen molar-refractivity contribution < 1.29 is 4.79 Å². The molecule has 1 aliphatic rings. The van der Waals surface area contributed by atoms with E-state index in [0.29, 0.717) is 0 Å². The zero-order valence-electron chi connectivity index (χ0n) is 12.3. The monoisotopic (exact) mass is 255 g/mol. The molecule has 0 radical (unpaired) electrons. The van der Waals surface area contributed by atoms with Gasteiger partial charge in [-0.25, -0.2) is 0 Å². The maximum atomic E-state index is 11.7. The summed E-state index contributed by atoms with van der Waals surface area (Å²) in [5.74, 6) is 0.605. The van der Waals surface area contributed by atoms with Crippen LogP contribution in [0.1, 0.15) is 47.0 Å². The van der Waals surface area contributed by atoms with Crippen LogP contribution in [0.25, 0.3) is 0 Å². The van der Waals surface area contributed by atoms with Crippen molar-refractivity contribution in [1.29, 1.82) is 0 Å². The lowest BCUT2D eigenvalue weighted by atomic mass is 9.92. The summed E-state index contributed by atoms with van der Waals surface area (Å²) in [5, 5.41) is 3.31. The van der Waals surface area contributed by atoms with Crippen LogP contribution in [0.15, 0.2) is 0 Å². The van der Waals surface area contributed by atoms with Crippen molar-refractivity contribution >= 4 is 5.91 Å². The number of hydrogen-bond acceptors (Lipinski definition) is 3. The van der Waals surface area contributed by atoms with E-state index in [4.69, 9.17) is 5.73 Å². The zero-order chi connectivity index (χ0) is 13.8. The summed E-state index contributed by atoms with van der Waals surface area (Å²) in [4.78, 5) is 14.1. The highest BCUT2D eigenvalue weighted by Crippen LogP contribution is 2.21. The van der Waals surface area contributed by atoms with Crippen molar-refractivity contribution in [3.8, 4) is 0 Å². The summed E-state index contributed by atoms with van der Waals surface area (Å²) >= 11 is 0. The Morgan fingerprint density at radius 1 is 1.44 bits per heavy atom. The van der Waals surface area contributed by atoms with E-state index in [2.05, 4.69) is 17.1 Å². The summed E-state index contributed by atoms with van der Waals surface area (Å²) in [5.41, 5.74) is 4.94. The summed E-state index contributed by atoms with van der Waals surface area (Å²) in [6.45, 7) is 11.2. The van der Waals surface area contributed by atoms with Gasteiger partial charge in [0.1, 0.15) is 5.54 Å². The highest BCUT2D eigenvalue weighted by Gasteiger charge is 2.34. The molecule has 1 amide bonds. The van der Waals surface area contributed by atoms with E-state index in [9.17, 15) is 4.79 Å². The average Bonchev–Trinajstić information content (AvgIpc) is 2.28. The molecule has 1 saturated heterocycles. The topological polar surface area (TPSA) is 58.4 Å². The highest BCUT2D eigenvalue weighted by molar-refractivity contribution is 5.84. The second-order valence-electron chi connectivity index (χ2n) is 6.12. The minimum Gasteiger partial charge on any atom is -0.368 e. The quantitative estimate of drug-likeness (QED) is 0.753. The van der Waals surface area contributed by atoms with Gasteiger partial charge in [-0.05, 0) is 52.6 Å². The predicted octanol–water partition coefficient (Wildman–Crippen LogP) is 1.35. The van der Waals surface area contributed by atoms with E-state index in [1.807, 2.05) is 20.8 Å². The molecule has 0 aromatic carbocycles. The van der Waals surface area contributed by atoms with E-state index in [1.54, 1.807) is 0 Å². The molecule has 0 aromatic heterocycles. The lowest BCUT2D eigenvalue weighted by Gasteiger charge is -2.38. The van der Waals surface area contributed by atoms with Crippen molar-refractivity contribution in [2.45, 2.75) is 58.5 Å². The van der Waals surface area contributed by atoms with Crippen molar-refractivity contribution in [2.24, 2.45) is 11.7 Å². The Kier molecular flexibility index (Phi) is 5.60. The first-order chi connectivity index (χ1) is 8.37. The number of likely N-dealkylation sites (tertiary alicyclic amines) is 1. The van der Waals surface area contributed by atoms with Crippen LogP contribution in [0.5, 0.6) is 0 Å². The molecule has 18 heavy (non-hydrogen) atoms. The van der Waals surface area contributed by atoms with Crippen LogP contribution in [0.2, 0.25) is 0 Å². The Labute approximate surface area is 111 Å². The van der Waals surface area contributed by atoms with E-state index < -0.39 is 5.54 Å². The molecule has 0 aromatic rings. The Morgan fingerprint density at radius 2 is 2.00 bits per heavy atom. The molecule has 1 atom stereocenters. The molecule has 1 heterocycles. The number of carbonyl (C=O) groups excluding carboxylic acids is 1. The van der Waals surface area contributed by atoms with Crippen molar-refractivity contribution in [3.63, 3.8) is 0 Å². The number of amides is 1. The molecule has 1 rings (SSSR count). The predicted molar refractivity (Wildman–Crippen MR) is 75.3 cm³/mol. The van der Waals surface area contributed by atoms with Crippen LogP contribution in [0.3, 0.4) is 0 Å². The number of primary amides is 1. The summed E-state index contributed by atoms with van der Waals surface area (Å²) < 4.78 is 0. The van der Waals surface area contributed by atoms with Gasteiger partial charge in [-0.15, -0.1) is 0 Å². The smallest absolute Gasteiger partial charge is 0.238 e. The third-order valence-electron chi connectivity index (χ3n) is 3.98. The summed E-state index contributed by atoms with van der Waals surface area (Å²) in [6.07, 6.45) is 3.76. The second-order valence-corrected chi connectivity index (χ2v) is 6.12. The van der Waals surface area contributed by atoms with Crippen molar-refractivity contribution in [3.05, 3.63) is 0 Å².